The third-order valence-corrected chi connectivity index (χ3v) is 23.7. The minimum absolute atomic E-state index is 0.426. The van der Waals surface area contributed by atoms with Crippen LogP contribution in [0.2, 0.25) is 42.3 Å². The lowest BCUT2D eigenvalue weighted by Crippen LogP contribution is -2.72. The van der Waals surface area contributed by atoms with Crippen molar-refractivity contribution in [1.29, 1.82) is 0 Å². The van der Waals surface area contributed by atoms with E-state index in [4.69, 9.17) is 8.85 Å². The van der Waals surface area contributed by atoms with Gasteiger partial charge in [0.2, 0.25) is 0 Å². The van der Waals surface area contributed by atoms with Crippen molar-refractivity contribution in [3.63, 3.8) is 0 Å². The molecule has 1 saturated heterocycles. The fourth-order valence-corrected chi connectivity index (χ4v) is 20.1. The van der Waals surface area contributed by atoms with Crippen LogP contribution in [0.4, 0.5) is 0 Å². The normalized spacial score (nSPS) is 18.3. The molecule has 0 aliphatic carbocycles. The van der Waals surface area contributed by atoms with Crippen molar-refractivity contribution in [2.45, 2.75) is 110 Å². The highest BCUT2D eigenvalue weighted by molar-refractivity contribution is 6.82. The SMILES string of the molecule is CCO[Si](CC)(OCC)C1N([Si](CC)(CC)CC)CCN1[Si](CC)(CC)CC. The first-order valence-electron chi connectivity index (χ1n) is 12.2. The maximum absolute atomic E-state index is 6.70. The Hall–Kier alpha value is 0.491. The Morgan fingerprint density at radius 3 is 1.11 bits per heavy atom. The predicted molar refractivity (Wildman–Crippen MR) is 131 cm³/mol. The summed E-state index contributed by atoms with van der Waals surface area (Å²) in [6.07, 6.45) is 0. The van der Waals surface area contributed by atoms with Gasteiger partial charge in [0.15, 0.2) is 0 Å². The lowest BCUT2D eigenvalue weighted by molar-refractivity contribution is 0.137. The van der Waals surface area contributed by atoms with Gasteiger partial charge in [-0.1, -0.05) is 48.5 Å². The molecule has 4 nitrogen and oxygen atoms in total. The molecule has 1 aliphatic rings. The van der Waals surface area contributed by atoms with E-state index in [0.29, 0.717) is 5.79 Å². The van der Waals surface area contributed by atoms with Gasteiger partial charge in [-0.2, -0.15) is 0 Å². The monoisotopic (exact) mass is 446 g/mol. The third kappa shape index (κ3) is 4.70. The molecule has 0 aromatic heterocycles. The molecule has 1 fully saturated rings. The second-order valence-electron chi connectivity index (χ2n) is 8.36. The Morgan fingerprint density at radius 1 is 0.571 bits per heavy atom. The summed E-state index contributed by atoms with van der Waals surface area (Å²) in [6, 6.07) is 9.11. The molecule has 0 spiro atoms. The van der Waals surface area contributed by atoms with E-state index in [1.807, 2.05) is 0 Å². The molecule has 0 radical (unpaired) electrons. The van der Waals surface area contributed by atoms with Crippen molar-refractivity contribution in [2.24, 2.45) is 0 Å². The van der Waals surface area contributed by atoms with Crippen LogP contribution in [0, 0.1) is 0 Å². The van der Waals surface area contributed by atoms with Crippen LogP contribution in [0.1, 0.15) is 62.3 Å². The van der Waals surface area contributed by atoms with Crippen LogP contribution in [-0.2, 0) is 8.85 Å². The highest BCUT2D eigenvalue weighted by atomic mass is 28.4. The topological polar surface area (TPSA) is 24.9 Å². The number of rotatable bonds is 14. The maximum atomic E-state index is 6.70. The molecule has 0 bridgehead atoms. The predicted octanol–water partition coefficient (Wildman–Crippen LogP) is 6.01. The van der Waals surface area contributed by atoms with Gasteiger partial charge in [-0.25, -0.2) is 0 Å². The summed E-state index contributed by atoms with van der Waals surface area (Å²) < 4.78 is 19.4. The Balaban J connectivity index is 3.63. The minimum Gasteiger partial charge on any atom is -0.393 e. The lowest BCUT2D eigenvalue weighted by Gasteiger charge is -2.52. The quantitative estimate of drug-likeness (QED) is 0.305. The molecule has 7 heteroatoms. The van der Waals surface area contributed by atoms with Gasteiger partial charge >= 0.3 is 8.56 Å². The smallest absolute Gasteiger partial charge is 0.369 e. The Bertz CT molecular complexity index is 395. The molecule has 1 heterocycles. The first kappa shape index (κ1) is 26.5. The van der Waals surface area contributed by atoms with Crippen LogP contribution in [0.5, 0.6) is 0 Å². The van der Waals surface area contributed by atoms with Gasteiger partial charge in [0.25, 0.3) is 0 Å². The fourth-order valence-electron chi connectivity index (χ4n) is 5.88. The van der Waals surface area contributed by atoms with Crippen LogP contribution in [0.3, 0.4) is 0 Å². The van der Waals surface area contributed by atoms with Crippen molar-refractivity contribution >= 4 is 25.0 Å². The summed E-state index contributed by atoms with van der Waals surface area (Å²) in [5.74, 6) is 0.426. The van der Waals surface area contributed by atoms with E-state index in [1.165, 1.54) is 49.4 Å². The van der Waals surface area contributed by atoms with Gasteiger partial charge in [0.05, 0.1) is 5.79 Å². The molecule has 0 atom stereocenters. The molecule has 1 aliphatic heterocycles. The van der Waals surface area contributed by atoms with Gasteiger partial charge in [0.1, 0.15) is 16.5 Å². The van der Waals surface area contributed by atoms with E-state index < -0.39 is 25.0 Å². The van der Waals surface area contributed by atoms with Gasteiger partial charge in [-0.15, -0.1) is 0 Å². The first-order chi connectivity index (χ1) is 13.4. The van der Waals surface area contributed by atoms with Crippen LogP contribution in [-0.4, -0.2) is 66.3 Å². The molecule has 0 aromatic carbocycles. The standard InChI is InChI=1S/C21H50N2O2Si3/c1-10-24-28(18-9,25-11-2)21-22(26(12-3,13-4)14-5)19-20-23(21)27(15-6,16-7)17-8/h21H,10-20H2,1-9H3. The van der Waals surface area contributed by atoms with Crippen molar-refractivity contribution in [3.05, 3.63) is 0 Å². The lowest BCUT2D eigenvalue weighted by atomic mass is 10.7. The van der Waals surface area contributed by atoms with Crippen molar-refractivity contribution in [3.8, 4) is 0 Å². The van der Waals surface area contributed by atoms with Crippen LogP contribution in [0.15, 0.2) is 0 Å². The van der Waals surface area contributed by atoms with Crippen molar-refractivity contribution in [2.75, 3.05) is 26.3 Å². The van der Waals surface area contributed by atoms with E-state index in [-0.39, 0.29) is 0 Å². The molecule has 168 valence electrons. The summed E-state index contributed by atoms with van der Waals surface area (Å²) in [6.45, 7) is 25.3. The maximum Gasteiger partial charge on any atom is 0.369 e. The fraction of sp³-hybridized carbons (Fsp3) is 1.00. The summed E-state index contributed by atoms with van der Waals surface area (Å²) in [5, 5.41) is 0. The van der Waals surface area contributed by atoms with Crippen LogP contribution >= 0.6 is 0 Å². The number of nitrogens with zero attached hydrogens (tertiary/aromatic N) is 2. The van der Waals surface area contributed by atoms with E-state index in [0.717, 1.165) is 19.3 Å². The average molecular weight is 447 g/mol. The molecular weight excluding hydrogens is 397 g/mol. The summed E-state index contributed by atoms with van der Waals surface area (Å²) in [7, 11) is -5.36. The van der Waals surface area contributed by atoms with Gasteiger partial charge in [0, 0.05) is 26.3 Å². The zero-order valence-electron chi connectivity index (χ0n) is 20.6. The van der Waals surface area contributed by atoms with Crippen LogP contribution < -0.4 is 0 Å². The van der Waals surface area contributed by atoms with Gasteiger partial charge in [-0.3, -0.25) is 0 Å². The molecule has 1 rings (SSSR count). The summed E-state index contributed by atoms with van der Waals surface area (Å²) in [4.78, 5) is 0. The molecule has 28 heavy (non-hydrogen) atoms. The molecular formula is C21H50N2O2Si3. The zero-order valence-corrected chi connectivity index (χ0v) is 23.6. The molecule has 0 unspecified atom stereocenters. The molecule has 0 amide bonds. The Kier molecular flexibility index (Phi) is 11.1. The molecule has 0 N–H and O–H groups in total. The van der Waals surface area contributed by atoms with Crippen molar-refractivity contribution in [1.82, 2.24) is 9.13 Å². The largest absolute Gasteiger partial charge is 0.393 e. The molecule has 0 aromatic rings. The molecule has 0 saturated carbocycles. The van der Waals surface area contributed by atoms with Gasteiger partial charge < -0.3 is 18.0 Å². The van der Waals surface area contributed by atoms with Gasteiger partial charge in [-0.05, 0) is 56.2 Å². The Labute approximate surface area is 179 Å². The van der Waals surface area contributed by atoms with E-state index in [1.54, 1.807) is 0 Å². The Morgan fingerprint density at radius 2 is 0.893 bits per heavy atom. The van der Waals surface area contributed by atoms with Crippen molar-refractivity contribution < 1.29 is 8.85 Å². The highest BCUT2D eigenvalue weighted by Gasteiger charge is 2.60. The van der Waals surface area contributed by atoms with E-state index in [9.17, 15) is 0 Å². The average Bonchev–Trinajstić information content (AvgIpc) is 3.18. The van der Waals surface area contributed by atoms with Crippen LogP contribution in [0.25, 0.3) is 0 Å². The number of hydrogen-bond acceptors (Lipinski definition) is 4. The zero-order chi connectivity index (χ0) is 21.4. The summed E-state index contributed by atoms with van der Waals surface area (Å²) in [5.41, 5.74) is 0. The highest BCUT2D eigenvalue weighted by Crippen LogP contribution is 2.41. The second-order valence-corrected chi connectivity index (χ2v) is 22.1. The van der Waals surface area contributed by atoms with E-state index in [2.05, 4.69) is 71.4 Å². The second kappa shape index (κ2) is 11.8. The number of hydrogen-bond donors (Lipinski definition) is 0. The minimum atomic E-state index is -2.36. The first-order valence-corrected chi connectivity index (χ1v) is 19.4. The third-order valence-electron chi connectivity index (χ3n) is 8.00. The van der Waals surface area contributed by atoms with E-state index >= 15 is 0 Å². The summed E-state index contributed by atoms with van der Waals surface area (Å²) >= 11 is 0.